The number of nitrogens with zero attached hydrogens (tertiary/aromatic N) is 2. The molecule has 92 valence electrons. The fraction of sp³-hybridized carbons (Fsp3) is 0.0833. The van der Waals surface area contributed by atoms with Gasteiger partial charge < -0.3 is 5.32 Å². The Balaban J connectivity index is 2.22. The molecule has 2 rings (SSSR count). The Labute approximate surface area is 118 Å². The summed E-state index contributed by atoms with van der Waals surface area (Å²) in [5.74, 6) is -0.209. The van der Waals surface area contributed by atoms with E-state index in [4.69, 9.17) is 11.6 Å². The first-order valence-corrected chi connectivity index (χ1v) is 6.29. The van der Waals surface area contributed by atoms with Crippen molar-refractivity contribution >= 4 is 39.1 Å². The zero-order valence-corrected chi connectivity index (χ0v) is 11.8. The number of halogens is 2. The van der Waals surface area contributed by atoms with Crippen molar-refractivity contribution in [2.45, 2.75) is 6.92 Å². The summed E-state index contributed by atoms with van der Waals surface area (Å²) in [7, 11) is 0. The molecule has 0 aliphatic heterocycles. The Hall–Kier alpha value is -1.46. The second-order valence-corrected chi connectivity index (χ2v) is 4.80. The predicted molar refractivity (Wildman–Crippen MR) is 73.9 cm³/mol. The zero-order valence-electron chi connectivity index (χ0n) is 9.45. The van der Waals surface area contributed by atoms with Gasteiger partial charge in [0.15, 0.2) is 0 Å². The fourth-order valence-corrected chi connectivity index (χ4v) is 1.89. The van der Waals surface area contributed by atoms with Gasteiger partial charge in [0.2, 0.25) is 5.28 Å². The fourth-order valence-electron chi connectivity index (χ4n) is 1.43. The SMILES string of the molecule is Cc1c(Br)cccc1C(=O)Nc1cnc(Cl)nc1. The van der Waals surface area contributed by atoms with Gasteiger partial charge in [-0.2, -0.15) is 0 Å². The van der Waals surface area contributed by atoms with Crippen LogP contribution in [-0.2, 0) is 0 Å². The summed E-state index contributed by atoms with van der Waals surface area (Å²) in [6.07, 6.45) is 2.92. The van der Waals surface area contributed by atoms with Crippen molar-refractivity contribution in [2.75, 3.05) is 5.32 Å². The lowest BCUT2D eigenvalue weighted by molar-refractivity contribution is 0.102. The van der Waals surface area contributed by atoms with Crippen LogP contribution in [0.15, 0.2) is 35.1 Å². The molecule has 0 radical (unpaired) electrons. The Morgan fingerprint density at radius 3 is 2.67 bits per heavy atom. The van der Waals surface area contributed by atoms with Gasteiger partial charge in [0.25, 0.3) is 5.91 Å². The smallest absolute Gasteiger partial charge is 0.256 e. The average Bonchev–Trinajstić information content (AvgIpc) is 2.35. The molecule has 0 atom stereocenters. The highest BCUT2D eigenvalue weighted by Crippen LogP contribution is 2.20. The molecule has 1 amide bonds. The molecule has 0 aliphatic rings. The van der Waals surface area contributed by atoms with Crippen molar-refractivity contribution < 1.29 is 4.79 Å². The van der Waals surface area contributed by atoms with Crippen LogP contribution in [0.4, 0.5) is 5.69 Å². The second kappa shape index (κ2) is 5.46. The highest BCUT2D eigenvalue weighted by molar-refractivity contribution is 9.10. The van der Waals surface area contributed by atoms with Gasteiger partial charge in [-0.3, -0.25) is 4.79 Å². The standard InChI is InChI=1S/C12H9BrClN3O/c1-7-9(3-2-4-10(7)13)11(18)17-8-5-15-12(14)16-6-8/h2-6H,1H3,(H,17,18). The van der Waals surface area contributed by atoms with Crippen molar-refractivity contribution in [2.24, 2.45) is 0 Å². The Morgan fingerprint density at radius 2 is 2.00 bits per heavy atom. The first kappa shape index (κ1) is 13.0. The quantitative estimate of drug-likeness (QED) is 0.860. The lowest BCUT2D eigenvalue weighted by atomic mass is 10.1. The summed E-state index contributed by atoms with van der Waals surface area (Å²) in [4.78, 5) is 19.6. The van der Waals surface area contributed by atoms with Gasteiger partial charge in [-0.1, -0.05) is 22.0 Å². The first-order valence-electron chi connectivity index (χ1n) is 5.12. The van der Waals surface area contributed by atoms with Crippen LogP contribution < -0.4 is 5.32 Å². The molecule has 1 aromatic carbocycles. The van der Waals surface area contributed by atoms with Gasteiger partial charge in [0.1, 0.15) is 0 Å². The molecule has 1 aromatic heterocycles. The van der Waals surface area contributed by atoms with E-state index >= 15 is 0 Å². The zero-order chi connectivity index (χ0) is 13.1. The number of hydrogen-bond acceptors (Lipinski definition) is 3. The van der Waals surface area contributed by atoms with Gasteiger partial charge in [-0.05, 0) is 36.2 Å². The van der Waals surface area contributed by atoms with Gasteiger partial charge >= 0.3 is 0 Å². The largest absolute Gasteiger partial charge is 0.319 e. The summed E-state index contributed by atoms with van der Waals surface area (Å²) in [6.45, 7) is 1.87. The summed E-state index contributed by atoms with van der Waals surface area (Å²) in [5, 5.41) is 2.86. The third-order valence-corrected chi connectivity index (χ3v) is 3.44. The third kappa shape index (κ3) is 2.86. The van der Waals surface area contributed by atoms with Crippen LogP contribution in [0.1, 0.15) is 15.9 Å². The number of nitrogens with one attached hydrogen (secondary N) is 1. The second-order valence-electron chi connectivity index (χ2n) is 3.61. The molecule has 1 N–H and O–H groups in total. The van der Waals surface area contributed by atoms with Crippen LogP contribution >= 0.6 is 27.5 Å². The van der Waals surface area contributed by atoms with E-state index in [1.807, 2.05) is 19.1 Å². The summed E-state index contributed by atoms with van der Waals surface area (Å²) in [5.41, 5.74) is 1.98. The molecule has 0 spiro atoms. The van der Waals surface area contributed by atoms with Gasteiger partial charge in [-0.25, -0.2) is 9.97 Å². The average molecular weight is 327 g/mol. The minimum Gasteiger partial charge on any atom is -0.319 e. The summed E-state index contributed by atoms with van der Waals surface area (Å²) < 4.78 is 0.891. The number of benzene rings is 1. The number of carbonyl (C=O) groups is 1. The minimum absolute atomic E-state index is 0.145. The van der Waals surface area contributed by atoms with Crippen molar-refractivity contribution in [3.05, 3.63) is 51.5 Å². The molecule has 4 nitrogen and oxygen atoms in total. The van der Waals surface area contributed by atoms with E-state index in [1.165, 1.54) is 12.4 Å². The lowest BCUT2D eigenvalue weighted by Crippen LogP contribution is -2.13. The Bertz CT molecular complexity index is 586. The van der Waals surface area contributed by atoms with E-state index in [0.29, 0.717) is 11.3 Å². The van der Waals surface area contributed by atoms with Crippen LogP contribution in [0.5, 0.6) is 0 Å². The Morgan fingerprint density at radius 1 is 1.33 bits per heavy atom. The maximum absolute atomic E-state index is 12.1. The maximum Gasteiger partial charge on any atom is 0.256 e. The minimum atomic E-state index is -0.209. The normalized spacial score (nSPS) is 10.2. The van der Waals surface area contributed by atoms with Crippen molar-refractivity contribution in [1.29, 1.82) is 0 Å². The predicted octanol–water partition coefficient (Wildman–Crippen LogP) is 3.45. The van der Waals surface area contributed by atoms with Gasteiger partial charge in [0, 0.05) is 10.0 Å². The molecule has 0 saturated heterocycles. The first-order chi connectivity index (χ1) is 8.58. The molecular formula is C12H9BrClN3O. The van der Waals surface area contributed by atoms with Crippen LogP contribution in [0.25, 0.3) is 0 Å². The van der Waals surface area contributed by atoms with E-state index in [-0.39, 0.29) is 11.2 Å². The van der Waals surface area contributed by atoms with Crippen molar-refractivity contribution in [3.8, 4) is 0 Å². The van der Waals surface area contributed by atoms with E-state index in [0.717, 1.165) is 10.0 Å². The van der Waals surface area contributed by atoms with Crippen LogP contribution in [0.2, 0.25) is 5.28 Å². The van der Waals surface area contributed by atoms with Gasteiger partial charge in [-0.15, -0.1) is 0 Å². The van der Waals surface area contributed by atoms with Crippen molar-refractivity contribution in [1.82, 2.24) is 9.97 Å². The third-order valence-electron chi connectivity index (χ3n) is 2.39. The highest BCUT2D eigenvalue weighted by atomic mass is 79.9. The molecule has 2 aromatic rings. The number of carbonyl (C=O) groups excluding carboxylic acids is 1. The number of anilines is 1. The number of aromatic nitrogens is 2. The Kier molecular flexibility index (Phi) is 3.93. The monoisotopic (exact) mass is 325 g/mol. The molecule has 18 heavy (non-hydrogen) atoms. The van der Waals surface area contributed by atoms with E-state index < -0.39 is 0 Å². The lowest BCUT2D eigenvalue weighted by Gasteiger charge is -2.08. The van der Waals surface area contributed by atoms with E-state index in [9.17, 15) is 4.79 Å². The molecule has 0 unspecified atom stereocenters. The molecule has 0 fully saturated rings. The molecule has 0 saturated carbocycles. The molecule has 0 aliphatic carbocycles. The highest BCUT2D eigenvalue weighted by Gasteiger charge is 2.11. The topological polar surface area (TPSA) is 54.9 Å². The maximum atomic E-state index is 12.1. The van der Waals surface area contributed by atoms with Gasteiger partial charge in [0.05, 0.1) is 18.1 Å². The summed E-state index contributed by atoms with van der Waals surface area (Å²) >= 11 is 8.96. The molecule has 0 bridgehead atoms. The van der Waals surface area contributed by atoms with Crippen LogP contribution in [0, 0.1) is 6.92 Å². The summed E-state index contributed by atoms with van der Waals surface area (Å²) in [6, 6.07) is 5.45. The van der Waals surface area contributed by atoms with E-state index in [1.54, 1.807) is 6.07 Å². The molecule has 1 heterocycles. The number of amides is 1. The molecular weight excluding hydrogens is 318 g/mol. The van der Waals surface area contributed by atoms with Crippen LogP contribution in [-0.4, -0.2) is 15.9 Å². The van der Waals surface area contributed by atoms with Crippen LogP contribution in [0.3, 0.4) is 0 Å². The number of rotatable bonds is 2. The number of hydrogen-bond donors (Lipinski definition) is 1. The van der Waals surface area contributed by atoms with E-state index in [2.05, 4.69) is 31.2 Å². The van der Waals surface area contributed by atoms with Crippen molar-refractivity contribution in [3.63, 3.8) is 0 Å². The molecule has 6 heteroatoms.